The highest BCUT2D eigenvalue weighted by atomic mass is 16.5. The number of benzene rings is 1. The summed E-state index contributed by atoms with van der Waals surface area (Å²) in [5, 5.41) is 4.03. The summed E-state index contributed by atoms with van der Waals surface area (Å²) in [4.78, 5) is 15.3. The maximum Gasteiger partial charge on any atom is 0.241 e. The normalized spacial score (nSPS) is 11.2. The van der Waals surface area contributed by atoms with Crippen molar-refractivity contribution in [3.63, 3.8) is 0 Å². The van der Waals surface area contributed by atoms with Crippen molar-refractivity contribution >= 4 is 0 Å². The van der Waals surface area contributed by atoms with Crippen LogP contribution in [0.25, 0.3) is 22.8 Å². The lowest BCUT2D eigenvalue weighted by atomic mass is 10.2. The van der Waals surface area contributed by atoms with Crippen LogP contribution in [0.4, 0.5) is 0 Å². The Balaban J connectivity index is 1.46. The van der Waals surface area contributed by atoms with Crippen molar-refractivity contribution < 1.29 is 13.7 Å². The van der Waals surface area contributed by atoms with Gasteiger partial charge in [0.25, 0.3) is 0 Å². The van der Waals surface area contributed by atoms with Crippen molar-refractivity contribution in [3.8, 4) is 28.6 Å². The number of ether oxygens (including phenoxy) is 1. The molecule has 154 valence electrons. The van der Waals surface area contributed by atoms with Crippen LogP contribution in [-0.4, -0.2) is 38.7 Å². The number of aryl methyl sites for hydroxylation is 1. The van der Waals surface area contributed by atoms with Crippen molar-refractivity contribution in [2.45, 2.75) is 26.9 Å². The molecule has 0 spiro atoms. The van der Waals surface area contributed by atoms with Gasteiger partial charge in [-0.3, -0.25) is 9.88 Å². The lowest BCUT2D eigenvalue weighted by molar-refractivity contribution is 0.258. The second-order valence-corrected chi connectivity index (χ2v) is 6.88. The predicted molar refractivity (Wildman–Crippen MR) is 111 cm³/mol. The number of rotatable bonds is 8. The van der Waals surface area contributed by atoms with E-state index in [1.165, 1.54) is 0 Å². The lowest BCUT2D eigenvalue weighted by Gasteiger charge is -2.12. The fourth-order valence-electron chi connectivity index (χ4n) is 3.09. The summed E-state index contributed by atoms with van der Waals surface area (Å²) in [6.07, 6.45) is 3.41. The minimum Gasteiger partial charge on any atom is -0.493 e. The Morgan fingerprint density at radius 3 is 2.73 bits per heavy atom. The Morgan fingerprint density at radius 1 is 1.07 bits per heavy atom. The van der Waals surface area contributed by atoms with Gasteiger partial charge in [0.15, 0.2) is 0 Å². The third kappa shape index (κ3) is 4.38. The molecular formula is C22H23N5O3. The van der Waals surface area contributed by atoms with Gasteiger partial charge in [-0.15, -0.1) is 0 Å². The van der Waals surface area contributed by atoms with Gasteiger partial charge in [0, 0.05) is 24.5 Å². The molecule has 3 aromatic heterocycles. The highest BCUT2D eigenvalue weighted by Gasteiger charge is 2.18. The molecule has 4 aromatic rings. The quantitative estimate of drug-likeness (QED) is 0.432. The molecule has 0 aliphatic heterocycles. The molecule has 0 bridgehead atoms. The van der Waals surface area contributed by atoms with Crippen molar-refractivity contribution in [2.75, 3.05) is 13.7 Å². The maximum absolute atomic E-state index is 5.92. The van der Waals surface area contributed by atoms with E-state index in [0.717, 1.165) is 28.3 Å². The molecule has 0 aliphatic rings. The summed E-state index contributed by atoms with van der Waals surface area (Å²) in [5.74, 6) is 3.13. The van der Waals surface area contributed by atoms with Crippen LogP contribution in [0.5, 0.6) is 5.75 Å². The van der Waals surface area contributed by atoms with Crippen molar-refractivity contribution in [1.82, 2.24) is 25.0 Å². The van der Waals surface area contributed by atoms with E-state index < -0.39 is 0 Å². The van der Waals surface area contributed by atoms with E-state index in [1.54, 1.807) is 12.4 Å². The van der Waals surface area contributed by atoms with Gasteiger partial charge in [0.1, 0.15) is 11.5 Å². The zero-order valence-electron chi connectivity index (χ0n) is 17.2. The number of nitrogens with zero attached hydrogens (tertiary/aromatic N) is 5. The molecule has 0 fully saturated rings. The predicted octanol–water partition coefficient (Wildman–Crippen LogP) is 4.13. The topological polar surface area (TPSA) is 90.3 Å². The van der Waals surface area contributed by atoms with E-state index >= 15 is 0 Å². The number of aromatic nitrogens is 4. The Labute approximate surface area is 174 Å². The Hall–Kier alpha value is -3.52. The van der Waals surface area contributed by atoms with Crippen LogP contribution >= 0.6 is 0 Å². The molecule has 1 aromatic carbocycles. The summed E-state index contributed by atoms with van der Waals surface area (Å²) in [7, 11) is 1.97. The van der Waals surface area contributed by atoms with E-state index in [-0.39, 0.29) is 0 Å². The second-order valence-electron chi connectivity index (χ2n) is 6.88. The molecule has 8 nitrogen and oxygen atoms in total. The van der Waals surface area contributed by atoms with Crippen LogP contribution in [-0.2, 0) is 13.1 Å². The fraction of sp³-hybridized carbons (Fsp3) is 0.273. The summed E-state index contributed by atoms with van der Waals surface area (Å²) in [5.41, 5.74) is 2.51. The lowest BCUT2D eigenvalue weighted by Crippen LogP contribution is -2.18. The molecule has 0 aliphatic carbocycles. The average Bonchev–Trinajstić information content (AvgIpc) is 3.36. The molecule has 30 heavy (non-hydrogen) atoms. The third-order valence-electron chi connectivity index (χ3n) is 4.52. The van der Waals surface area contributed by atoms with Crippen LogP contribution in [0.3, 0.4) is 0 Å². The average molecular weight is 405 g/mol. The van der Waals surface area contributed by atoms with Crippen LogP contribution in [0.2, 0.25) is 0 Å². The minimum absolute atomic E-state index is 0.491. The molecule has 0 N–H and O–H groups in total. The fourth-order valence-corrected chi connectivity index (χ4v) is 3.09. The monoisotopic (exact) mass is 405 g/mol. The van der Waals surface area contributed by atoms with E-state index in [2.05, 4.69) is 15.1 Å². The summed E-state index contributed by atoms with van der Waals surface area (Å²) < 4.78 is 17.0. The Morgan fingerprint density at radius 2 is 1.93 bits per heavy atom. The van der Waals surface area contributed by atoms with Crippen molar-refractivity contribution in [3.05, 3.63) is 66.1 Å². The highest BCUT2D eigenvalue weighted by Crippen LogP contribution is 2.30. The number of oxazole rings is 1. The smallest absolute Gasteiger partial charge is 0.241 e. The third-order valence-corrected chi connectivity index (χ3v) is 4.52. The van der Waals surface area contributed by atoms with Gasteiger partial charge in [-0.2, -0.15) is 4.98 Å². The van der Waals surface area contributed by atoms with Gasteiger partial charge >= 0.3 is 0 Å². The van der Waals surface area contributed by atoms with Crippen LogP contribution < -0.4 is 4.74 Å². The standard InChI is InChI=1S/C22H23N5O3/c1-4-28-19-10-6-5-9-17(19)22-24-18(15(2)29-22)13-27(3)14-20-25-21(26-30-20)16-8-7-11-23-12-16/h5-12H,4,13-14H2,1-3H3. The molecule has 0 radical (unpaired) electrons. The van der Waals surface area contributed by atoms with E-state index in [1.807, 2.05) is 62.2 Å². The first-order chi connectivity index (χ1) is 14.6. The van der Waals surface area contributed by atoms with Gasteiger partial charge in [-0.25, -0.2) is 4.98 Å². The Kier molecular flexibility index (Phi) is 5.85. The second kappa shape index (κ2) is 8.87. The number of hydrogen-bond acceptors (Lipinski definition) is 8. The maximum atomic E-state index is 5.92. The molecule has 0 saturated carbocycles. The molecule has 0 amide bonds. The van der Waals surface area contributed by atoms with Crippen LogP contribution in [0.15, 0.2) is 57.7 Å². The molecule has 3 heterocycles. The SMILES string of the molecule is CCOc1ccccc1-c1nc(CN(C)Cc2nc(-c3cccnc3)no2)c(C)o1. The zero-order valence-corrected chi connectivity index (χ0v) is 17.2. The summed E-state index contributed by atoms with van der Waals surface area (Å²) in [6, 6.07) is 11.5. The Bertz CT molecular complexity index is 1110. The van der Waals surface area contributed by atoms with E-state index in [4.69, 9.17) is 18.7 Å². The highest BCUT2D eigenvalue weighted by molar-refractivity contribution is 5.63. The zero-order chi connectivity index (χ0) is 20.9. The van der Waals surface area contributed by atoms with E-state index in [9.17, 15) is 0 Å². The van der Waals surface area contributed by atoms with Gasteiger partial charge < -0.3 is 13.7 Å². The van der Waals surface area contributed by atoms with E-state index in [0.29, 0.717) is 37.3 Å². The van der Waals surface area contributed by atoms with Gasteiger partial charge in [-0.05, 0) is 45.2 Å². The molecule has 4 rings (SSSR count). The molecule has 8 heteroatoms. The van der Waals surface area contributed by atoms with Crippen LogP contribution in [0.1, 0.15) is 24.3 Å². The van der Waals surface area contributed by atoms with Gasteiger partial charge in [0.05, 0.1) is 24.4 Å². The molecule has 0 saturated heterocycles. The largest absolute Gasteiger partial charge is 0.493 e. The first kappa shape index (κ1) is 19.8. The molecule has 0 atom stereocenters. The number of hydrogen-bond donors (Lipinski definition) is 0. The first-order valence-corrected chi connectivity index (χ1v) is 9.74. The van der Waals surface area contributed by atoms with Crippen LogP contribution in [0, 0.1) is 6.92 Å². The van der Waals surface area contributed by atoms with Gasteiger partial charge in [0.2, 0.25) is 17.6 Å². The summed E-state index contributed by atoms with van der Waals surface area (Å²) in [6.45, 7) is 5.52. The number of para-hydroxylation sites is 1. The minimum atomic E-state index is 0.491. The van der Waals surface area contributed by atoms with Gasteiger partial charge in [-0.1, -0.05) is 17.3 Å². The van der Waals surface area contributed by atoms with Crippen molar-refractivity contribution in [2.24, 2.45) is 0 Å². The summed E-state index contributed by atoms with van der Waals surface area (Å²) >= 11 is 0. The number of pyridine rings is 1. The van der Waals surface area contributed by atoms with Crippen molar-refractivity contribution in [1.29, 1.82) is 0 Å². The molecular weight excluding hydrogens is 382 g/mol. The first-order valence-electron chi connectivity index (χ1n) is 9.74. The molecule has 0 unspecified atom stereocenters.